The van der Waals surface area contributed by atoms with Crippen molar-refractivity contribution >= 4 is 17.6 Å². The molecule has 2 aromatic heterocycles. The highest BCUT2D eigenvalue weighted by atomic mass is 19.1. The van der Waals surface area contributed by atoms with Crippen LogP contribution in [0.2, 0.25) is 0 Å². The topological polar surface area (TPSA) is 92.2 Å². The van der Waals surface area contributed by atoms with E-state index in [0.717, 1.165) is 24.3 Å². The second-order valence-electron chi connectivity index (χ2n) is 4.82. The standard InChI is InChI=1S/C15H11F2N5O2/c16-10-2-3-11(17)9(7-10)1-4-13(23)19-8-12-20-21-14-15(24)18-5-6-22(12)14/h1-7H,8H2,(H,18,24)(H,19,23). The lowest BCUT2D eigenvalue weighted by Crippen LogP contribution is -2.22. The Balaban J connectivity index is 1.69. The molecule has 3 rings (SSSR count). The summed E-state index contributed by atoms with van der Waals surface area (Å²) in [6.45, 7) is 0.0133. The number of H-pyrrole nitrogens is 1. The third-order valence-electron chi connectivity index (χ3n) is 3.20. The Kier molecular flexibility index (Phi) is 4.15. The summed E-state index contributed by atoms with van der Waals surface area (Å²) in [5.74, 6) is -1.41. The number of aromatic nitrogens is 4. The molecule has 122 valence electrons. The quantitative estimate of drug-likeness (QED) is 0.698. The molecule has 0 saturated heterocycles. The van der Waals surface area contributed by atoms with Gasteiger partial charge in [0, 0.05) is 24.0 Å². The van der Waals surface area contributed by atoms with E-state index < -0.39 is 23.1 Å². The van der Waals surface area contributed by atoms with Crippen molar-refractivity contribution in [1.29, 1.82) is 0 Å². The van der Waals surface area contributed by atoms with Crippen molar-refractivity contribution in [2.24, 2.45) is 0 Å². The number of hydrogen-bond donors (Lipinski definition) is 2. The fourth-order valence-electron chi connectivity index (χ4n) is 2.04. The number of aromatic amines is 1. The first-order valence-electron chi connectivity index (χ1n) is 6.87. The van der Waals surface area contributed by atoms with Gasteiger partial charge in [0.25, 0.3) is 5.56 Å². The van der Waals surface area contributed by atoms with Crippen LogP contribution in [0, 0.1) is 11.6 Å². The summed E-state index contributed by atoms with van der Waals surface area (Å²) in [4.78, 5) is 25.7. The number of hydrogen-bond acceptors (Lipinski definition) is 4. The highest BCUT2D eigenvalue weighted by molar-refractivity contribution is 5.91. The van der Waals surface area contributed by atoms with Gasteiger partial charge in [-0.1, -0.05) is 0 Å². The van der Waals surface area contributed by atoms with Crippen LogP contribution in [0.3, 0.4) is 0 Å². The Bertz CT molecular complexity index is 993. The average Bonchev–Trinajstić information content (AvgIpc) is 2.98. The number of rotatable bonds is 4. The molecule has 0 bridgehead atoms. The van der Waals surface area contributed by atoms with Gasteiger partial charge in [-0.25, -0.2) is 8.78 Å². The van der Waals surface area contributed by atoms with Crippen molar-refractivity contribution in [3.05, 3.63) is 70.0 Å². The normalized spacial score (nSPS) is 11.2. The number of amides is 1. The van der Waals surface area contributed by atoms with Gasteiger partial charge in [-0.2, -0.15) is 0 Å². The van der Waals surface area contributed by atoms with Crippen molar-refractivity contribution in [2.45, 2.75) is 6.54 Å². The van der Waals surface area contributed by atoms with Crippen LogP contribution in [0.4, 0.5) is 8.78 Å². The van der Waals surface area contributed by atoms with Gasteiger partial charge < -0.3 is 10.3 Å². The van der Waals surface area contributed by atoms with Crippen LogP contribution in [0.5, 0.6) is 0 Å². The highest BCUT2D eigenvalue weighted by Gasteiger charge is 2.08. The first kappa shape index (κ1) is 15.5. The van der Waals surface area contributed by atoms with E-state index in [9.17, 15) is 18.4 Å². The zero-order valence-corrected chi connectivity index (χ0v) is 12.2. The predicted molar refractivity (Wildman–Crippen MR) is 80.8 cm³/mol. The van der Waals surface area contributed by atoms with E-state index >= 15 is 0 Å². The van der Waals surface area contributed by atoms with Crippen molar-refractivity contribution in [3.8, 4) is 0 Å². The molecule has 0 spiro atoms. The van der Waals surface area contributed by atoms with Crippen LogP contribution < -0.4 is 10.9 Å². The Hall–Kier alpha value is -3.36. The number of fused-ring (bicyclic) bond motifs is 1. The van der Waals surface area contributed by atoms with E-state index in [-0.39, 0.29) is 17.8 Å². The maximum atomic E-state index is 13.4. The van der Waals surface area contributed by atoms with Crippen molar-refractivity contribution in [3.63, 3.8) is 0 Å². The molecule has 0 unspecified atom stereocenters. The molecular weight excluding hydrogens is 320 g/mol. The molecule has 7 nitrogen and oxygen atoms in total. The predicted octanol–water partition coefficient (Wildman–Crippen LogP) is 1.03. The molecular formula is C15H11F2N5O2. The minimum absolute atomic E-state index is 0.0133. The monoisotopic (exact) mass is 331 g/mol. The molecule has 0 aliphatic heterocycles. The van der Waals surface area contributed by atoms with Crippen molar-refractivity contribution < 1.29 is 13.6 Å². The molecule has 9 heteroatoms. The second kappa shape index (κ2) is 6.41. The van der Waals surface area contributed by atoms with Gasteiger partial charge in [-0.15, -0.1) is 10.2 Å². The summed E-state index contributed by atoms with van der Waals surface area (Å²) in [6, 6.07) is 2.95. The van der Waals surface area contributed by atoms with Crippen LogP contribution in [0.25, 0.3) is 11.7 Å². The summed E-state index contributed by atoms with van der Waals surface area (Å²) in [5.41, 5.74) is -0.326. The van der Waals surface area contributed by atoms with E-state index in [0.29, 0.717) is 5.82 Å². The van der Waals surface area contributed by atoms with E-state index in [2.05, 4.69) is 20.5 Å². The number of halogens is 2. The van der Waals surface area contributed by atoms with E-state index in [1.165, 1.54) is 16.7 Å². The zero-order valence-electron chi connectivity index (χ0n) is 12.2. The molecule has 0 fully saturated rings. The van der Waals surface area contributed by atoms with Gasteiger partial charge in [0.15, 0.2) is 5.82 Å². The minimum atomic E-state index is -0.636. The molecule has 0 aliphatic carbocycles. The van der Waals surface area contributed by atoms with E-state index in [1.54, 1.807) is 6.20 Å². The molecule has 24 heavy (non-hydrogen) atoms. The lowest BCUT2D eigenvalue weighted by molar-refractivity contribution is -0.116. The summed E-state index contributed by atoms with van der Waals surface area (Å²) < 4.78 is 27.9. The van der Waals surface area contributed by atoms with Gasteiger partial charge in [0.1, 0.15) is 11.6 Å². The summed E-state index contributed by atoms with van der Waals surface area (Å²) in [5, 5.41) is 10.1. The molecule has 3 aromatic rings. The minimum Gasteiger partial charge on any atom is -0.345 e. The number of carbonyl (C=O) groups is 1. The van der Waals surface area contributed by atoms with Gasteiger partial charge in [-0.05, 0) is 24.3 Å². The van der Waals surface area contributed by atoms with Crippen LogP contribution in [0.15, 0.2) is 41.5 Å². The fourth-order valence-corrected chi connectivity index (χ4v) is 2.04. The molecule has 1 amide bonds. The van der Waals surface area contributed by atoms with Crippen molar-refractivity contribution in [1.82, 2.24) is 24.9 Å². The van der Waals surface area contributed by atoms with Crippen molar-refractivity contribution in [2.75, 3.05) is 0 Å². The number of carbonyl (C=O) groups excluding carboxylic acids is 1. The van der Waals surface area contributed by atoms with Crippen LogP contribution in [0.1, 0.15) is 11.4 Å². The molecule has 2 N–H and O–H groups in total. The first-order chi connectivity index (χ1) is 11.5. The fraction of sp³-hybridized carbons (Fsp3) is 0.0667. The third-order valence-corrected chi connectivity index (χ3v) is 3.20. The number of benzene rings is 1. The van der Waals surface area contributed by atoms with Gasteiger partial charge >= 0.3 is 0 Å². The lowest BCUT2D eigenvalue weighted by atomic mass is 10.2. The second-order valence-corrected chi connectivity index (χ2v) is 4.82. The third kappa shape index (κ3) is 3.19. The van der Waals surface area contributed by atoms with Crippen LogP contribution >= 0.6 is 0 Å². The van der Waals surface area contributed by atoms with Gasteiger partial charge in [-0.3, -0.25) is 14.0 Å². The Labute approximate surface area is 133 Å². The summed E-state index contributed by atoms with van der Waals surface area (Å²) >= 11 is 0. The first-order valence-corrected chi connectivity index (χ1v) is 6.87. The van der Waals surface area contributed by atoms with Crippen LogP contribution in [-0.4, -0.2) is 25.5 Å². The number of nitrogens with zero attached hydrogens (tertiary/aromatic N) is 3. The highest BCUT2D eigenvalue weighted by Crippen LogP contribution is 2.11. The lowest BCUT2D eigenvalue weighted by Gasteiger charge is -2.01. The van der Waals surface area contributed by atoms with Crippen LogP contribution in [-0.2, 0) is 11.3 Å². The molecule has 0 aliphatic rings. The van der Waals surface area contributed by atoms with E-state index in [4.69, 9.17) is 0 Å². The van der Waals surface area contributed by atoms with Gasteiger partial charge in [0.05, 0.1) is 6.54 Å². The average molecular weight is 331 g/mol. The molecule has 0 saturated carbocycles. The summed E-state index contributed by atoms with van der Waals surface area (Å²) in [7, 11) is 0. The Morgan fingerprint density at radius 1 is 1.33 bits per heavy atom. The maximum Gasteiger partial charge on any atom is 0.293 e. The Morgan fingerprint density at radius 3 is 3.00 bits per heavy atom. The zero-order chi connectivity index (χ0) is 17.1. The molecule has 1 aromatic carbocycles. The smallest absolute Gasteiger partial charge is 0.293 e. The molecule has 0 radical (unpaired) electrons. The maximum absolute atomic E-state index is 13.4. The van der Waals surface area contributed by atoms with Gasteiger partial charge in [0.2, 0.25) is 11.6 Å². The molecule has 0 atom stereocenters. The Morgan fingerprint density at radius 2 is 2.17 bits per heavy atom. The van der Waals surface area contributed by atoms with E-state index in [1.807, 2.05) is 0 Å². The number of nitrogens with one attached hydrogen (secondary N) is 2. The summed E-state index contributed by atoms with van der Waals surface area (Å²) in [6.07, 6.45) is 5.22. The molecule has 2 heterocycles. The largest absolute Gasteiger partial charge is 0.345 e. The SMILES string of the molecule is O=C(C=Cc1cc(F)ccc1F)NCc1nnc2c(=O)[nH]ccn12.